The van der Waals surface area contributed by atoms with Gasteiger partial charge in [0.1, 0.15) is 12.4 Å². The van der Waals surface area contributed by atoms with Crippen LogP contribution in [0.4, 0.5) is 0 Å². The maximum Gasteiger partial charge on any atom is 0.244 e. The second-order valence-corrected chi connectivity index (χ2v) is 7.34. The summed E-state index contributed by atoms with van der Waals surface area (Å²) in [6.07, 6.45) is 3.26. The Morgan fingerprint density at radius 1 is 1.12 bits per heavy atom. The average Bonchev–Trinajstić information content (AvgIpc) is 2.83. The SMILES string of the molecule is CCOc1ccc(/C=C/C(=O)NCc2cccc(OCCN3CCOCC3)c2)cc1OC. The number of nitrogens with one attached hydrogen (secondary N) is 1. The first kappa shape index (κ1) is 23.6. The van der Waals surface area contributed by atoms with Crippen LogP contribution < -0.4 is 19.5 Å². The number of hydrogen-bond acceptors (Lipinski definition) is 6. The van der Waals surface area contributed by atoms with Crippen molar-refractivity contribution < 1.29 is 23.7 Å². The molecule has 0 bridgehead atoms. The molecular formula is C25H32N2O5. The Bertz CT molecular complexity index is 894. The van der Waals surface area contributed by atoms with Gasteiger partial charge in [0.05, 0.1) is 26.9 Å². The Balaban J connectivity index is 1.45. The molecule has 0 unspecified atom stereocenters. The van der Waals surface area contributed by atoms with Gasteiger partial charge in [0.25, 0.3) is 0 Å². The minimum atomic E-state index is -0.170. The molecule has 0 atom stereocenters. The fourth-order valence-corrected chi connectivity index (χ4v) is 3.35. The van der Waals surface area contributed by atoms with Gasteiger partial charge < -0.3 is 24.3 Å². The summed E-state index contributed by atoms with van der Waals surface area (Å²) in [6, 6.07) is 13.4. The number of morpholine rings is 1. The lowest BCUT2D eigenvalue weighted by Gasteiger charge is -2.26. The molecule has 32 heavy (non-hydrogen) atoms. The fourth-order valence-electron chi connectivity index (χ4n) is 3.35. The highest BCUT2D eigenvalue weighted by molar-refractivity contribution is 5.91. The first-order chi connectivity index (χ1) is 15.7. The second kappa shape index (κ2) is 12.7. The summed E-state index contributed by atoms with van der Waals surface area (Å²) in [5.41, 5.74) is 1.84. The summed E-state index contributed by atoms with van der Waals surface area (Å²) in [5, 5.41) is 2.91. The first-order valence-electron chi connectivity index (χ1n) is 11.0. The predicted octanol–water partition coefficient (Wildman–Crippen LogP) is 3.13. The van der Waals surface area contributed by atoms with Gasteiger partial charge >= 0.3 is 0 Å². The summed E-state index contributed by atoms with van der Waals surface area (Å²) in [5.74, 6) is 1.96. The third-order valence-corrected chi connectivity index (χ3v) is 5.06. The minimum Gasteiger partial charge on any atom is -0.493 e. The van der Waals surface area contributed by atoms with Crippen molar-refractivity contribution in [3.8, 4) is 17.2 Å². The van der Waals surface area contributed by atoms with E-state index in [4.69, 9.17) is 18.9 Å². The zero-order valence-corrected chi connectivity index (χ0v) is 18.8. The molecule has 1 N–H and O–H groups in total. The Labute approximate surface area is 189 Å². The van der Waals surface area contributed by atoms with E-state index in [9.17, 15) is 4.79 Å². The van der Waals surface area contributed by atoms with Crippen molar-refractivity contribution in [3.05, 3.63) is 59.7 Å². The Kier molecular flexibility index (Phi) is 9.40. The van der Waals surface area contributed by atoms with Crippen LogP contribution in [0.1, 0.15) is 18.1 Å². The average molecular weight is 441 g/mol. The molecule has 0 saturated carbocycles. The summed E-state index contributed by atoms with van der Waals surface area (Å²) in [7, 11) is 1.60. The Morgan fingerprint density at radius 3 is 2.75 bits per heavy atom. The van der Waals surface area contributed by atoms with Gasteiger partial charge in [0.2, 0.25) is 5.91 Å². The molecule has 0 spiro atoms. The van der Waals surface area contributed by atoms with Crippen molar-refractivity contribution in [1.29, 1.82) is 0 Å². The highest BCUT2D eigenvalue weighted by atomic mass is 16.5. The summed E-state index contributed by atoms with van der Waals surface area (Å²) in [4.78, 5) is 14.6. The van der Waals surface area contributed by atoms with E-state index in [-0.39, 0.29) is 5.91 Å². The third kappa shape index (κ3) is 7.59. The molecule has 1 aliphatic heterocycles. The van der Waals surface area contributed by atoms with E-state index in [2.05, 4.69) is 10.2 Å². The van der Waals surface area contributed by atoms with Crippen molar-refractivity contribution in [2.75, 3.05) is 53.2 Å². The smallest absolute Gasteiger partial charge is 0.244 e. The molecule has 0 radical (unpaired) electrons. The molecule has 0 aromatic heterocycles. The van der Waals surface area contributed by atoms with E-state index in [0.717, 1.165) is 49.7 Å². The van der Waals surface area contributed by atoms with Crippen molar-refractivity contribution >= 4 is 12.0 Å². The molecule has 172 valence electrons. The molecule has 0 aliphatic carbocycles. The van der Waals surface area contributed by atoms with E-state index in [0.29, 0.717) is 31.3 Å². The van der Waals surface area contributed by atoms with Crippen LogP contribution in [0.5, 0.6) is 17.2 Å². The summed E-state index contributed by atoms with van der Waals surface area (Å²) < 4.78 is 22.1. The number of nitrogens with zero attached hydrogens (tertiary/aromatic N) is 1. The lowest BCUT2D eigenvalue weighted by atomic mass is 10.2. The number of rotatable bonds is 11. The van der Waals surface area contributed by atoms with Crippen LogP contribution in [0, 0.1) is 0 Å². The van der Waals surface area contributed by atoms with Crippen molar-refractivity contribution in [1.82, 2.24) is 10.2 Å². The second-order valence-electron chi connectivity index (χ2n) is 7.34. The molecule has 1 fully saturated rings. The molecule has 1 heterocycles. The van der Waals surface area contributed by atoms with Crippen LogP contribution >= 0.6 is 0 Å². The van der Waals surface area contributed by atoms with Gasteiger partial charge in [-0.15, -0.1) is 0 Å². The van der Waals surface area contributed by atoms with E-state index in [1.807, 2.05) is 49.4 Å². The van der Waals surface area contributed by atoms with Gasteiger partial charge in [0, 0.05) is 32.3 Å². The Hall–Kier alpha value is -3.03. The van der Waals surface area contributed by atoms with Gasteiger partial charge in [-0.2, -0.15) is 0 Å². The zero-order valence-electron chi connectivity index (χ0n) is 18.8. The molecular weight excluding hydrogens is 408 g/mol. The van der Waals surface area contributed by atoms with Gasteiger partial charge in [-0.25, -0.2) is 0 Å². The number of ether oxygens (including phenoxy) is 4. The highest BCUT2D eigenvalue weighted by Crippen LogP contribution is 2.28. The maximum atomic E-state index is 12.2. The molecule has 7 nitrogen and oxygen atoms in total. The summed E-state index contributed by atoms with van der Waals surface area (Å²) >= 11 is 0. The predicted molar refractivity (Wildman–Crippen MR) is 124 cm³/mol. The number of carbonyl (C=O) groups excluding carboxylic acids is 1. The normalized spacial score (nSPS) is 14.3. The molecule has 2 aromatic carbocycles. The van der Waals surface area contributed by atoms with Crippen LogP contribution in [0.25, 0.3) is 6.08 Å². The summed E-state index contributed by atoms with van der Waals surface area (Å²) in [6.45, 7) is 7.90. The van der Waals surface area contributed by atoms with E-state index >= 15 is 0 Å². The lowest BCUT2D eigenvalue weighted by Crippen LogP contribution is -2.38. The molecule has 1 saturated heterocycles. The molecule has 7 heteroatoms. The van der Waals surface area contributed by atoms with Crippen LogP contribution in [-0.4, -0.2) is 64.0 Å². The van der Waals surface area contributed by atoms with E-state index < -0.39 is 0 Å². The van der Waals surface area contributed by atoms with Gasteiger partial charge in [-0.1, -0.05) is 18.2 Å². The first-order valence-corrected chi connectivity index (χ1v) is 11.0. The minimum absolute atomic E-state index is 0.170. The lowest BCUT2D eigenvalue weighted by molar-refractivity contribution is -0.116. The largest absolute Gasteiger partial charge is 0.493 e. The maximum absolute atomic E-state index is 12.2. The monoisotopic (exact) mass is 440 g/mol. The van der Waals surface area contributed by atoms with E-state index in [1.165, 1.54) is 6.08 Å². The standard InChI is InChI=1S/C25H32N2O5/c1-3-31-23-9-7-20(18-24(23)29-2)8-10-25(28)26-19-21-5-4-6-22(17-21)32-16-13-27-11-14-30-15-12-27/h4-10,17-18H,3,11-16,19H2,1-2H3,(H,26,28)/b10-8+. The molecule has 3 rings (SSSR count). The van der Waals surface area contributed by atoms with Crippen molar-refractivity contribution in [2.24, 2.45) is 0 Å². The van der Waals surface area contributed by atoms with Crippen LogP contribution in [0.15, 0.2) is 48.5 Å². The van der Waals surface area contributed by atoms with Gasteiger partial charge in [0.15, 0.2) is 11.5 Å². The fraction of sp³-hybridized carbons (Fsp3) is 0.400. The quantitative estimate of drug-likeness (QED) is 0.542. The molecule has 2 aromatic rings. The number of amides is 1. The number of methoxy groups -OCH3 is 1. The van der Waals surface area contributed by atoms with Gasteiger partial charge in [-0.3, -0.25) is 9.69 Å². The third-order valence-electron chi connectivity index (χ3n) is 5.06. The number of carbonyl (C=O) groups is 1. The van der Waals surface area contributed by atoms with Crippen LogP contribution in [0.2, 0.25) is 0 Å². The van der Waals surface area contributed by atoms with Crippen LogP contribution in [0.3, 0.4) is 0 Å². The topological polar surface area (TPSA) is 69.3 Å². The molecule has 1 aliphatic rings. The van der Waals surface area contributed by atoms with Gasteiger partial charge in [-0.05, 0) is 48.4 Å². The van der Waals surface area contributed by atoms with Crippen molar-refractivity contribution in [2.45, 2.75) is 13.5 Å². The molecule has 1 amide bonds. The zero-order chi connectivity index (χ0) is 22.6. The number of hydrogen-bond donors (Lipinski definition) is 1. The van der Waals surface area contributed by atoms with Crippen molar-refractivity contribution in [3.63, 3.8) is 0 Å². The number of benzene rings is 2. The Morgan fingerprint density at radius 2 is 1.97 bits per heavy atom. The van der Waals surface area contributed by atoms with E-state index in [1.54, 1.807) is 13.2 Å². The highest BCUT2D eigenvalue weighted by Gasteiger charge is 2.10. The van der Waals surface area contributed by atoms with Crippen LogP contribution in [-0.2, 0) is 16.1 Å².